The Morgan fingerprint density at radius 1 is 1.40 bits per heavy atom. The third-order valence-electron chi connectivity index (χ3n) is 3.99. The maximum absolute atomic E-state index is 14.1. The molecule has 1 aromatic carbocycles. The number of anilines is 1. The van der Waals surface area contributed by atoms with E-state index in [1.807, 2.05) is 0 Å². The van der Waals surface area contributed by atoms with Crippen molar-refractivity contribution in [1.29, 1.82) is 0 Å². The number of aliphatic hydroxyl groups excluding tert-OH is 1. The summed E-state index contributed by atoms with van der Waals surface area (Å²) < 4.78 is 25.0. The highest BCUT2D eigenvalue weighted by atomic mass is 19.1. The van der Waals surface area contributed by atoms with E-state index in [0.717, 1.165) is 23.8 Å². The minimum atomic E-state index is -0.576. The predicted octanol–water partition coefficient (Wildman–Crippen LogP) is 1.04. The molecule has 134 valence electrons. The van der Waals surface area contributed by atoms with Gasteiger partial charge in [-0.15, -0.1) is 0 Å². The lowest BCUT2D eigenvalue weighted by molar-refractivity contribution is -0.137. The van der Waals surface area contributed by atoms with Crippen molar-refractivity contribution < 1.29 is 28.6 Å². The number of nitrogens with one attached hydrogen (secondary N) is 1. The Bertz CT molecular complexity index is 700. The Morgan fingerprint density at radius 2 is 2.24 bits per heavy atom. The van der Waals surface area contributed by atoms with E-state index in [-0.39, 0.29) is 37.3 Å². The lowest BCUT2D eigenvalue weighted by atomic mass is 10.2. The lowest BCUT2D eigenvalue weighted by Crippen LogP contribution is -2.34. The van der Waals surface area contributed by atoms with Crippen LogP contribution in [0.4, 0.5) is 10.1 Å². The number of carbonyl (C=O) groups excluding carboxylic acids is 2. The first-order chi connectivity index (χ1) is 12.1. The van der Waals surface area contributed by atoms with Gasteiger partial charge in [0.05, 0.1) is 19.3 Å². The highest BCUT2D eigenvalue weighted by Gasteiger charge is 2.30. The normalized spacial score (nSPS) is 20.2. The molecule has 0 aromatic heterocycles. The Kier molecular flexibility index (Phi) is 5.30. The third-order valence-corrected chi connectivity index (χ3v) is 3.99. The summed E-state index contributed by atoms with van der Waals surface area (Å²) in [5.41, 5.74) is 0.353. The summed E-state index contributed by atoms with van der Waals surface area (Å²) in [4.78, 5) is 24.6. The van der Waals surface area contributed by atoms with Gasteiger partial charge in [0.1, 0.15) is 12.3 Å². The van der Waals surface area contributed by atoms with Gasteiger partial charge in [-0.05, 0) is 25.0 Å². The molecule has 1 unspecified atom stereocenters. The van der Waals surface area contributed by atoms with E-state index in [0.29, 0.717) is 12.3 Å². The fourth-order valence-electron chi connectivity index (χ4n) is 2.72. The molecule has 3 rings (SSSR count). The van der Waals surface area contributed by atoms with Crippen LogP contribution >= 0.6 is 0 Å². The van der Waals surface area contributed by atoms with Gasteiger partial charge in [0.25, 0.3) is 11.8 Å². The van der Waals surface area contributed by atoms with Crippen molar-refractivity contribution in [3.63, 3.8) is 0 Å². The van der Waals surface area contributed by atoms with Gasteiger partial charge in [0.15, 0.2) is 11.6 Å². The number of hydrogen-bond donors (Lipinski definition) is 2. The smallest absolute Gasteiger partial charge is 0.277 e. The lowest BCUT2D eigenvalue weighted by Gasteiger charge is -2.14. The zero-order valence-electron chi connectivity index (χ0n) is 13.5. The van der Waals surface area contributed by atoms with Gasteiger partial charge >= 0.3 is 0 Å². The van der Waals surface area contributed by atoms with Crippen LogP contribution in [0.5, 0.6) is 5.75 Å². The molecule has 8 heteroatoms. The monoisotopic (exact) mass is 350 g/mol. The largest absolute Gasteiger partial charge is 0.488 e. The van der Waals surface area contributed by atoms with E-state index in [9.17, 15) is 14.0 Å². The molecule has 25 heavy (non-hydrogen) atoms. The molecule has 2 heterocycles. The van der Waals surface area contributed by atoms with Gasteiger partial charge in [-0.1, -0.05) is 0 Å². The highest BCUT2D eigenvalue weighted by Crippen LogP contribution is 2.24. The summed E-state index contributed by atoms with van der Waals surface area (Å²) in [5, 5.41) is 11.6. The summed E-state index contributed by atoms with van der Waals surface area (Å²) >= 11 is 0. The van der Waals surface area contributed by atoms with E-state index in [1.54, 1.807) is 6.07 Å². The second kappa shape index (κ2) is 7.62. The molecule has 0 bridgehead atoms. The maximum Gasteiger partial charge on any atom is 0.277 e. The Hall–Kier alpha value is -2.45. The first-order valence-electron chi connectivity index (χ1n) is 8.08. The number of β-amino-alcohol motifs (C(OH)–C–C–N with tert-alkyl or cyclic N) is 1. The quantitative estimate of drug-likeness (QED) is 0.715. The van der Waals surface area contributed by atoms with Crippen LogP contribution in [0.3, 0.4) is 0 Å². The van der Waals surface area contributed by atoms with Gasteiger partial charge in [0, 0.05) is 24.4 Å². The first kappa shape index (κ1) is 17.4. The minimum absolute atomic E-state index is 0.0120. The maximum atomic E-state index is 14.1. The van der Waals surface area contributed by atoms with E-state index < -0.39 is 17.6 Å². The number of benzene rings is 1. The molecule has 1 saturated heterocycles. The molecule has 1 atom stereocenters. The average Bonchev–Trinajstić information content (AvgIpc) is 3.19. The average molecular weight is 350 g/mol. The molecule has 2 aliphatic rings. The number of aliphatic hydroxyl groups is 1. The van der Waals surface area contributed by atoms with Crippen LogP contribution < -0.4 is 10.1 Å². The first-order valence-corrected chi connectivity index (χ1v) is 8.08. The van der Waals surface area contributed by atoms with Gasteiger partial charge in [-0.2, -0.15) is 0 Å². The molecule has 1 aromatic rings. The van der Waals surface area contributed by atoms with Gasteiger partial charge < -0.3 is 19.9 Å². The number of halogens is 1. The number of amides is 2. The topological polar surface area (TPSA) is 88.1 Å². The van der Waals surface area contributed by atoms with Gasteiger partial charge in [-0.25, -0.2) is 4.39 Å². The fourth-order valence-corrected chi connectivity index (χ4v) is 2.72. The molecular weight excluding hydrogens is 331 g/mol. The van der Waals surface area contributed by atoms with Crippen molar-refractivity contribution in [2.45, 2.75) is 18.9 Å². The van der Waals surface area contributed by atoms with Crippen LogP contribution in [0.1, 0.15) is 12.8 Å². The summed E-state index contributed by atoms with van der Waals surface area (Å²) in [5.74, 6) is -1.55. The number of ether oxygens (including phenoxy) is 2. The molecule has 0 aliphatic carbocycles. The molecular formula is C17H19FN2O5. The van der Waals surface area contributed by atoms with Crippen LogP contribution in [0.25, 0.3) is 0 Å². The van der Waals surface area contributed by atoms with Crippen molar-refractivity contribution in [3.05, 3.63) is 35.8 Å². The molecule has 0 radical (unpaired) electrons. The van der Waals surface area contributed by atoms with Crippen LogP contribution in [0, 0.1) is 5.82 Å². The van der Waals surface area contributed by atoms with E-state index in [1.165, 1.54) is 12.1 Å². The van der Waals surface area contributed by atoms with Crippen LogP contribution in [0.15, 0.2) is 30.0 Å². The van der Waals surface area contributed by atoms with Crippen molar-refractivity contribution in [2.24, 2.45) is 0 Å². The van der Waals surface area contributed by atoms with Crippen LogP contribution in [-0.2, 0) is 14.3 Å². The molecule has 0 spiro atoms. The molecule has 0 saturated carbocycles. The fraction of sp³-hybridized carbons (Fsp3) is 0.412. The summed E-state index contributed by atoms with van der Waals surface area (Å²) in [6.07, 6.45) is 2.99. The van der Waals surface area contributed by atoms with Crippen molar-refractivity contribution >= 4 is 17.5 Å². The van der Waals surface area contributed by atoms with Gasteiger partial charge in [-0.3, -0.25) is 14.5 Å². The van der Waals surface area contributed by atoms with Crippen molar-refractivity contribution in [3.8, 4) is 5.75 Å². The van der Waals surface area contributed by atoms with Crippen LogP contribution in [-0.4, -0.2) is 54.3 Å². The van der Waals surface area contributed by atoms with Gasteiger partial charge in [0.2, 0.25) is 0 Å². The molecule has 2 N–H and O–H groups in total. The number of rotatable bonds is 7. The van der Waals surface area contributed by atoms with Crippen LogP contribution in [0.2, 0.25) is 0 Å². The Balaban J connectivity index is 1.62. The second-order valence-electron chi connectivity index (χ2n) is 5.79. The zero-order chi connectivity index (χ0) is 17.8. The standard InChI is InChI=1S/C17H19FN2O5/c18-13-8-11(3-4-15(13)25-10-12-2-1-7-24-12)19-14-9-16(22)20(5-6-21)17(14)23/h3-4,8-9,12,19,21H,1-2,5-7,10H2. The third kappa shape index (κ3) is 3.97. The molecule has 2 aliphatic heterocycles. The number of nitrogens with zero attached hydrogens (tertiary/aromatic N) is 1. The highest BCUT2D eigenvalue weighted by molar-refractivity contribution is 6.17. The second-order valence-corrected chi connectivity index (χ2v) is 5.79. The number of imide groups is 1. The zero-order valence-corrected chi connectivity index (χ0v) is 13.5. The molecule has 1 fully saturated rings. The van der Waals surface area contributed by atoms with E-state index in [4.69, 9.17) is 14.6 Å². The molecule has 7 nitrogen and oxygen atoms in total. The summed E-state index contributed by atoms with van der Waals surface area (Å²) in [6.45, 7) is 0.597. The Labute approximate surface area is 144 Å². The van der Waals surface area contributed by atoms with E-state index in [2.05, 4.69) is 5.32 Å². The van der Waals surface area contributed by atoms with Crippen molar-refractivity contribution in [2.75, 3.05) is 31.7 Å². The molecule has 2 amide bonds. The van der Waals surface area contributed by atoms with Crippen molar-refractivity contribution in [1.82, 2.24) is 4.90 Å². The van der Waals surface area contributed by atoms with E-state index >= 15 is 0 Å². The summed E-state index contributed by atoms with van der Waals surface area (Å²) in [7, 11) is 0. The predicted molar refractivity (Wildman–Crippen MR) is 86.4 cm³/mol. The number of hydrogen-bond acceptors (Lipinski definition) is 6. The Morgan fingerprint density at radius 3 is 2.92 bits per heavy atom. The minimum Gasteiger partial charge on any atom is -0.488 e. The number of carbonyl (C=O) groups is 2. The SMILES string of the molecule is O=C1C=C(Nc2ccc(OCC3CCCO3)c(F)c2)C(=O)N1CCO. The summed E-state index contributed by atoms with van der Waals surface area (Å²) in [6, 6.07) is 4.21.